The lowest BCUT2D eigenvalue weighted by Gasteiger charge is -2.20. The molecule has 1 aromatic heterocycles. The summed E-state index contributed by atoms with van der Waals surface area (Å²) in [5.74, 6) is 1.55. The van der Waals surface area contributed by atoms with Crippen molar-refractivity contribution in [3.8, 4) is 23.1 Å². The SMILES string of the molecule is CCCOc1nc(CC)c(OCCC)c(OCCC)c1O[B]O. The highest BCUT2D eigenvalue weighted by Gasteiger charge is 2.24. The maximum Gasteiger partial charge on any atom is 0.569 e. The van der Waals surface area contributed by atoms with Gasteiger partial charge in [-0.2, -0.15) is 0 Å². The lowest BCUT2D eigenvalue weighted by Crippen LogP contribution is -2.12. The van der Waals surface area contributed by atoms with Crippen molar-refractivity contribution in [2.75, 3.05) is 19.8 Å². The first-order chi connectivity index (χ1) is 11.2. The van der Waals surface area contributed by atoms with E-state index in [4.69, 9.17) is 23.9 Å². The van der Waals surface area contributed by atoms with Gasteiger partial charge in [-0.3, -0.25) is 0 Å². The second-order valence-corrected chi connectivity index (χ2v) is 4.97. The van der Waals surface area contributed by atoms with Gasteiger partial charge in [0.25, 0.3) is 5.88 Å². The predicted octanol–water partition coefficient (Wildman–Crippen LogP) is 2.92. The molecule has 0 aliphatic heterocycles. The third-order valence-electron chi connectivity index (χ3n) is 2.95. The van der Waals surface area contributed by atoms with E-state index in [2.05, 4.69) is 4.98 Å². The van der Waals surface area contributed by atoms with Crippen molar-refractivity contribution in [3.63, 3.8) is 0 Å². The van der Waals surface area contributed by atoms with Crippen molar-refractivity contribution in [2.24, 2.45) is 0 Å². The zero-order valence-corrected chi connectivity index (χ0v) is 14.6. The van der Waals surface area contributed by atoms with Gasteiger partial charge in [0, 0.05) is 0 Å². The molecule has 6 nitrogen and oxygen atoms in total. The summed E-state index contributed by atoms with van der Waals surface area (Å²) in [6.07, 6.45) is 3.22. The van der Waals surface area contributed by atoms with E-state index in [1.165, 1.54) is 0 Å². The molecule has 0 saturated heterocycles. The van der Waals surface area contributed by atoms with Crippen LogP contribution >= 0.6 is 0 Å². The molecule has 0 atom stereocenters. The molecule has 0 bridgehead atoms. The summed E-state index contributed by atoms with van der Waals surface area (Å²) in [5.41, 5.74) is 0.751. The van der Waals surface area contributed by atoms with Crippen LogP contribution in [0.1, 0.15) is 52.7 Å². The van der Waals surface area contributed by atoms with E-state index in [0.717, 1.165) is 25.0 Å². The van der Waals surface area contributed by atoms with E-state index in [1.807, 2.05) is 27.7 Å². The molecule has 1 rings (SSSR count). The number of hydrogen-bond donors (Lipinski definition) is 1. The van der Waals surface area contributed by atoms with Crippen molar-refractivity contribution in [3.05, 3.63) is 5.69 Å². The monoisotopic (exact) mass is 324 g/mol. The molecule has 129 valence electrons. The van der Waals surface area contributed by atoms with Gasteiger partial charge in [0.05, 0.1) is 25.5 Å². The van der Waals surface area contributed by atoms with Crippen LogP contribution in [-0.2, 0) is 6.42 Å². The fourth-order valence-electron chi connectivity index (χ4n) is 1.94. The minimum absolute atomic E-state index is 0.248. The van der Waals surface area contributed by atoms with Gasteiger partial charge in [0.15, 0.2) is 5.75 Å². The van der Waals surface area contributed by atoms with Crippen LogP contribution in [0.25, 0.3) is 0 Å². The van der Waals surface area contributed by atoms with Crippen LogP contribution in [-0.4, -0.2) is 37.5 Å². The molecule has 0 aliphatic rings. The molecule has 7 heteroatoms. The van der Waals surface area contributed by atoms with Crippen molar-refractivity contribution in [1.29, 1.82) is 0 Å². The van der Waals surface area contributed by atoms with Crippen LogP contribution in [0.2, 0.25) is 0 Å². The Kier molecular flexibility index (Phi) is 9.28. The number of nitrogens with zero attached hydrogens (tertiary/aromatic N) is 1. The second-order valence-electron chi connectivity index (χ2n) is 4.97. The first-order valence-electron chi connectivity index (χ1n) is 8.31. The Labute approximate surface area is 139 Å². The topological polar surface area (TPSA) is 70.0 Å². The van der Waals surface area contributed by atoms with Crippen molar-refractivity contribution >= 4 is 7.69 Å². The summed E-state index contributed by atoms with van der Waals surface area (Å²) >= 11 is 0. The van der Waals surface area contributed by atoms with Crippen LogP contribution in [0, 0.1) is 0 Å². The average molecular weight is 324 g/mol. The Balaban J connectivity index is 3.36. The maximum atomic E-state index is 9.09. The van der Waals surface area contributed by atoms with Gasteiger partial charge in [0.2, 0.25) is 11.5 Å². The molecule has 1 N–H and O–H groups in total. The highest BCUT2D eigenvalue weighted by molar-refractivity contribution is 6.17. The molecule has 1 radical (unpaired) electrons. The lowest BCUT2D eigenvalue weighted by atomic mass is 10.2. The predicted molar refractivity (Wildman–Crippen MR) is 89.6 cm³/mol. The van der Waals surface area contributed by atoms with Gasteiger partial charge in [0.1, 0.15) is 0 Å². The molecule has 1 aromatic rings. The average Bonchev–Trinajstić information content (AvgIpc) is 2.57. The van der Waals surface area contributed by atoms with E-state index >= 15 is 0 Å². The molecule has 0 fully saturated rings. The Morgan fingerprint density at radius 2 is 1.39 bits per heavy atom. The van der Waals surface area contributed by atoms with E-state index in [1.54, 1.807) is 0 Å². The minimum atomic E-state index is 0.248. The maximum absolute atomic E-state index is 9.09. The third-order valence-corrected chi connectivity index (χ3v) is 2.95. The van der Waals surface area contributed by atoms with Gasteiger partial charge in [-0.05, 0) is 25.7 Å². The fraction of sp³-hybridized carbons (Fsp3) is 0.688. The standard InChI is InChI=1S/C16H27BNO5/c1-5-9-20-13-12(8-4)18-16(22-11-7-3)15(23-17-19)14(13)21-10-6-2/h19H,5-11H2,1-4H3. The third kappa shape index (κ3) is 5.50. The lowest BCUT2D eigenvalue weighted by molar-refractivity contribution is 0.244. The first kappa shape index (κ1) is 19.4. The Morgan fingerprint density at radius 3 is 1.91 bits per heavy atom. The smallest absolute Gasteiger partial charge is 0.531 e. The largest absolute Gasteiger partial charge is 0.569 e. The van der Waals surface area contributed by atoms with Crippen LogP contribution in [0.15, 0.2) is 0 Å². The zero-order valence-electron chi connectivity index (χ0n) is 14.6. The summed E-state index contributed by atoms with van der Waals surface area (Å²) < 4.78 is 22.5. The van der Waals surface area contributed by atoms with Crippen LogP contribution in [0.3, 0.4) is 0 Å². The Hall–Kier alpha value is -1.63. The Bertz CT molecular complexity index is 470. The van der Waals surface area contributed by atoms with E-state index in [0.29, 0.717) is 51.3 Å². The second kappa shape index (κ2) is 11.0. The zero-order chi connectivity index (χ0) is 17.1. The van der Waals surface area contributed by atoms with E-state index in [9.17, 15) is 0 Å². The highest BCUT2D eigenvalue weighted by atomic mass is 16.6. The van der Waals surface area contributed by atoms with Crippen LogP contribution in [0.4, 0.5) is 0 Å². The van der Waals surface area contributed by atoms with Gasteiger partial charge in [-0.1, -0.05) is 27.7 Å². The van der Waals surface area contributed by atoms with E-state index in [-0.39, 0.29) is 5.75 Å². The summed E-state index contributed by atoms with van der Waals surface area (Å²) in [7, 11) is 0.601. The fourth-order valence-corrected chi connectivity index (χ4v) is 1.94. The minimum Gasteiger partial charge on any atom is -0.531 e. The summed E-state index contributed by atoms with van der Waals surface area (Å²) in [6, 6.07) is 0. The summed E-state index contributed by atoms with van der Waals surface area (Å²) in [5, 5.41) is 9.09. The van der Waals surface area contributed by atoms with Crippen LogP contribution < -0.4 is 18.9 Å². The van der Waals surface area contributed by atoms with Gasteiger partial charge < -0.3 is 23.9 Å². The van der Waals surface area contributed by atoms with Gasteiger partial charge in [-0.25, -0.2) is 4.98 Å². The Morgan fingerprint density at radius 1 is 0.826 bits per heavy atom. The molecule has 0 amide bonds. The molecule has 0 aromatic carbocycles. The molecular formula is C16H27BNO5. The number of ether oxygens (including phenoxy) is 3. The van der Waals surface area contributed by atoms with Gasteiger partial charge in [-0.15, -0.1) is 0 Å². The number of aromatic nitrogens is 1. The van der Waals surface area contributed by atoms with Crippen molar-refractivity contribution < 1.29 is 23.9 Å². The quantitative estimate of drug-likeness (QED) is 0.596. The molecule has 23 heavy (non-hydrogen) atoms. The number of rotatable bonds is 12. The molecule has 1 heterocycles. The summed E-state index contributed by atoms with van der Waals surface area (Å²) in [6.45, 7) is 9.60. The molecule has 0 aliphatic carbocycles. The number of hydrogen-bond acceptors (Lipinski definition) is 6. The number of pyridine rings is 1. The van der Waals surface area contributed by atoms with Crippen molar-refractivity contribution in [1.82, 2.24) is 4.98 Å². The molecule has 0 saturated carbocycles. The first-order valence-corrected chi connectivity index (χ1v) is 8.31. The number of aryl methyl sites for hydroxylation is 1. The van der Waals surface area contributed by atoms with Crippen molar-refractivity contribution in [2.45, 2.75) is 53.4 Å². The molecule has 0 unspecified atom stereocenters. The van der Waals surface area contributed by atoms with E-state index < -0.39 is 0 Å². The highest BCUT2D eigenvalue weighted by Crippen LogP contribution is 2.45. The normalized spacial score (nSPS) is 10.3. The van der Waals surface area contributed by atoms with Crippen LogP contribution in [0.5, 0.6) is 23.1 Å². The molecular weight excluding hydrogens is 297 g/mol. The summed E-state index contributed by atoms with van der Waals surface area (Å²) in [4.78, 5) is 4.49. The molecule has 0 spiro atoms. The van der Waals surface area contributed by atoms with Gasteiger partial charge >= 0.3 is 7.69 Å².